The lowest BCUT2D eigenvalue weighted by atomic mass is 9.77. The van der Waals surface area contributed by atoms with Crippen molar-refractivity contribution in [1.29, 1.82) is 0 Å². The number of hydrogen-bond acceptors (Lipinski definition) is 3. The average molecular weight is 505 g/mol. The van der Waals surface area contributed by atoms with Crippen molar-refractivity contribution < 1.29 is 9.53 Å². The van der Waals surface area contributed by atoms with E-state index in [0.717, 1.165) is 47.2 Å². The Labute approximate surface area is 215 Å². The molecule has 1 aliphatic carbocycles. The number of amides is 1. The molecular formula is C29H26Cl2N2O2. The Hall–Kier alpha value is -3.08. The largest absolute Gasteiger partial charge is 0.484 e. The van der Waals surface area contributed by atoms with Crippen molar-refractivity contribution in [3.05, 3.63) is 105 Å². The Morgan fingerprint density at radius 2 is 1.77 bits per heavy atom. The number of halogens is 2. The highest BCUT2D eigenvalue weighted by molar-refractivity contribution is 6.30. The van der Waals surface area contributed by atoms with Crippen LogP contribution in [0.2, 0.25) is 10.0 Å². The second-order valence-corrected chi connectivity index (χ2v) is 9.92. The van der Waals surface area contributed by atoms with Gasteiger partial charge in [-0.3, -0.25) is 4.79 Å². The maximum Gasteiger partial charge on any atom is 0.281 e. The van der Waals surface area contributed by atoms with Crippen LogP contribution in [-0.4, -0.2) is 23.2 Å². The van der Waals surface area contributed by atoms with Gasteiger partial charge in [-0.2, -0.15) is 5.10 Å². The molecule has 1 saturated carbocycles. The van der Waals surface area contributed by atoms with E-state index in [9.17, 15) is 4.79 Å². The summed E-state index contributed by atoms with van der Waals surface area (Å²) in [7, 11) is 0. The van der Waals surface area contributed by atoms with Crippen LogP contribution in [0, 0.1) is 12.8 Å². The number of hydrogen-bond donors (Lipinski definition) is 0. The van der Waals surface area contributed by atoms with Gasteiger partial charge in [-0.25, -0.2) is 5.01 Å². The smallest absolute Gasteiger partial charge is 0.281 e. The lowest BCUT2D eigenvalue weighted by molar-refractivity contribution is -0.135. The molecule has 0 aromatic heterocycles. The van der Waals surface area contributed by atoms with Gasteiger partial charge < -0.3 is 4.74 Å². The highest BCUT2D eigenvalue weighted by atomic mass is 35.5. The van der Waals surface area contributed by atoms with Crippen LogP contribution >= 0.6 is 23.2 Å². The summed E-state index contributed by atoms with van der Waals surface area (Å²) in [6, 6.07) is 23.0. The van der Waals surface area contributed by atoms with Crippen molar-refractivity contribution in [2.75, 3.05) is 6.61 Å². The molecule has 3 aromatic rings. The van der Waals surface area contributed by atoms with Crippen molar-refractivity contribution in [3.63, 3.8) is 0 Å². The third-order valence-electron chi connectivity index (χ3n) is 6.53. The van der Waals surface area contributed by atoms with Crippen LogP contribution in [0.3, 0.4) is 0 Å². The van der Waals surface area contributed by atoms with Gasteiger partial charge in [-0.1, -0.05) is 59.6 Å². The lowest BCUT2D eigenvalue weighted by Crippen LogP contribution is -2.34. The van der Waals surface area contributed by atoms with E-state index in [-0.39, 0.29) is 24.5 Å². The van der Waals surface area contributed by atoms with Crippen molar-refractivity contribution in [3.8, 4) is 5.75 Å². The maximum atomic E-state index is 13.4. The minimum atomic E-state index is -0.190. The SMILES string of the molecule is Cc1cccc(OCC(=O)N2N=C3/C(=C\c4ccc(Cl)cc4)CCC[C@H]3[C@H]2c2ccc(Cl)cc2)c1. The molecule has 6 heteroatoms. The van der Waals surface area contributed by atoms with Crippen molar-refractivity contribution in [2.24, 2.45) is 11.0 Å². The van der Waals surface area contributed by atoms with Gasteiger partial charge in [0.15, 0.2) is 6.61 Å². The fourth-order valence-electron chi connectivity index (χ4n) is 4.88. The summed E-state index contributed by atoms with van der Waals surface area (Å²) in [6.45, 7) is 1.92. The molecule has 1 aliphatic heterocycles. The van der Waals surface area contributed by atoms with E-state index in [0.29, 0.717) is 15.8 Å². The zero-order valence-electron chi connectivity index (χ0n) is 19.5. The van der Waals surface area contributed by atoms with E-state index >= 15 is 0 Å². The van der Waals surface area contributed by atoms with Crippen LogP contribution in [0.4, 0.5) is 0 Å². The normalized spacial score (nSPS) is 20.5. The summed E-state index contributed by atoms with van der Waals surface area (Å²) in [5, 5.41) is 7.91. The first-order chi connectivity index (χ1) is 17.0. The molecule has 0 bridgehead atoms. The van der Waals surface area contributed by atoms with E-state index in [1.807, 2.05) is 79.7 Å². The van der Waals surface area contributed by atoms with Gasteiger partial charge in [0.1, 0.15) is 5.75 Å². The first kappa shape index (κ1) is 23.7. The number of fused-ring (bicyclic) bond motifs is 1. The van der Waals surface area contributed by atoms with Gasteiger partial charge in [0.05, 0.1) is 11.8 Å². The number of ether oxygens (including phenoxy) is 1. The molecule has 3 aromatic carbocycles. The second-order valence-electron chi connectivity index (χ2n) is 9.04. The summed E-state index contributed by atoms with van der Waals surface area (Å²) >= 11 is 12.2. The second kappa shape index (κ2) is 10.3. The van der Waals surface area contributed by atoms with Crippen molar-refractivity contribution in [2.45, 2.75) is 32.2 Å². The molecule has 0 radical (unpaired) electrons. The molecular weight excluding hydrogens is 479 g/mol. The molecule has 0 N–H and O–H groups in total. The molecule has 0 unspecified atom stereocenters. The fraction of sp³-hybridized carbons (Fsp3) is 0.241. The fourth-order valence-corrected chi connectivity index (χ4v) is 5.13. The minimum absolute atomic E-state index is 0.0761. The third kappa shape index (κ3) is 5.29. The monoisotopic (exact) mass is 504 g/mol. The molecule has 1 amide bonds. The van der Waals surface area contributed by atoms with E-state index in [1.165, 1.54) is 0 Å². The number of benzene rings is 3. The van der Waals surface area contributed by atoms with E-state index in [1.54, 1.807) is 5.01 Å². The molecule has 2 aliphatic rings. The van der Waals surface area contributed by atoms with E-state index < -0.39 is 0 Å². The zero-order valence-corrected chi connectivity index (χ0v) is 21.0. The molecule has 2 atom stereocenters. The quantitative estimate of drug-likeness (QED) is 0.360. The van der Waals surface area contributed by atoms with Crippen LogP contribution < -0.4 is 4.74 Å². The van der Waals surface area contributed by atoms with Gasteiger partial charge >= 0.3 is 0 Å². The minimum Gasteiger partial charge on any atom is -0.484 e. The number of carbonyl (C=O) groups excluding carboxylic acids is 1. The Kier molecular flexibility index (Phi) is 6.94. The number of aryl methyl sites for hydroxylation is 1. The molecule has 4 nitrogen and oxygen atoms in total. The third-order valence-corrected chi connectivity index (χ3v) is 7.04. The van der Waals surface area contributed by atoms with Gasteiger partial charge in [-0.15, -0.1) is 0 Å². The van der Waals surface area contributed by atoms with Crippen LogP contribution in [0.5, 0.6) is 5.75 Å². The molecule has 0 spiro atoms. The van der Waals surface area contributed by atoms with E-state index in [4.69, 9.17) is 33.0 Å². The number of hydrazone groups is 1. The highest BCUT2D eigenvalue weighted by Gasteiger charge is 2.43. The molecule has 35 heavy (non-hydrogen) atoms. The number of carbonyl (C=O) groups is 1. The van der Waals surface area contributed by atoms with Gasteiger partial charge in [-0.05, 0) is 90.9 Å². The predicted molar refractivity (Wildman–Crippen MR) is 142 cm³/mol. The molecule has 1 heterocycles. The Morgan fingerprint density at radius 3 is 2.49 bits per heavy atom. The summed E-state index contributed by atoms with van der Waals surface area (Å²) in [5.41, 5.74) is 5.32. The molecule has 5 rings (SSSR count). The standard InChI is InChI=1S/C29H26Cl2N2O2/c1-19-4-2-6-25(16-19)35-18-27(34)33-29(21-10-14-24(31)15-11-21)26-7-3-5-22(28(26)32-33)17-20-8-12-23(30)13-9-20/h2,4,6,8-17,26,29H,3,5,7,18H2,1H3/b22-17-/t26-,29-/m1/s1. The summed E-state index contributed by atoms with van der Waals surface area (Å²) < 4.78 is 5.84. The Bertz CT molecular complexity index is 1280. The van der Waals surface area contributed by atoms with Crippen LogP contribution in [0.15, 0.2) is 83.5 Å². The van der Waals surface area contributed by atoms with Gasteiger partial charge in [0.2, 0.25) is 0 Å². The van der Waals surface area contributed by atoms with Crippen LogP contribution in [0.1, 0.15) is 42.0 Å². The molecule has 0 saturated heterocycles. The van der Waals surface area contributed by atoms with Crippen molar-refractivity contribution in [1.82, 2.24) is 5.01 Å². The zero-order chi connectivity index (χ0) is 24.4. The summed E-state index contributed by atoms with van der Waals surface area (Å²) in [5.74, 6) is 0.625. The predicted octanol–water partition coefficient (Wildman–Crippen LogP) is 7.50. The highest BCUT2D eigenvalue weighted by Crippen LogP contribution is 2.44. The summed E-state index contributed by atoms with van der Waals surface area (Å²) in [6.07, 6.45) is 5.09. The Balaban J connectivity index is 1.46. The molecule has 1 fully saturated rings. The van der Waals surface area contributed by atoms with Gasteiger partial charge in [0, 0.05) is 16.0 Å². The lowest BCUT2D eigenvalue weighted by Gasteiger charge is -2.29. The van der Waals surface area contributed by atoms with Crippen LogP contribution in [0.25, 0.3) is 6.08 Å². The van der Waals surface area contributed by atoms with Crippen molar-refractivity contribution >= 4 is 40.9 Å². The molecule has 178 valence electrons. The maximum absolute atomic E-state index is 13.4. The summed E-state index contributed by atoms with van der Waals surface area (Å²) in [4.78, 5) is 13.4. The first-order valence-electron chi connectivity index (χ1n) is 11.8. The topological polar surface area (TPSA) is 41.9 Å². The van der Waals surface area contributed by atoms with Crippen LogP contribution in [-0.2, 0) is 4.79 Å². The Morgan fingerprint density at radius 1 is 1.06 bits per heavy atom. The van der Waals surface area contributed by atoms with Gasteiger partial charge in [0.25, 0.3) is 5.91 Å². The first-order valence-corrected chi connectivity index (χ1v) is 12.6. The van der Waals surface area contributed by atoms with E-state index in [2.05, 4.69) is 6.08 Å². The number of rotatable bonds is 5. The number of allylic oxidation sites excluding steroid dienone is 1. The number of nitrogens with zero attached hydrogens (tertiary/aromatic N) is 2. The average Bonchev–Trinajstić information content (AvgIpc) is 3.25.